The van der Waals surface area contributed by atoms with Crippen molar-refractivity contribution in [1.29, 1.82) is 0 Å². The summed E-state index contributed by atoms with van der Waals surface area (Å²) in [6.45, 7) is 4.03. The lowest BCUT2D eigenvalue weighted by Crippen LogP contribution is -2.05. The number of rotatable bonds is 4. The molecule has 1 heterocycles. The van der Waals surface area contributed by atoms with E-state index in [2.05, 4.69) is 15.9 Å². The second kappa shape index (κ2) is 6.09. The van der Waals surface area contributed by atoms with Crippen molar-refractivity contribution < 1.29 is 4.74 Å². The van der Waals surface area contributed by atoms with Crippen LogP contribution in [0.2, 0.25) is 0 Å². The van der Waals surface area contributed by atoms with Crippen LogP contribution in [-0.4, -0.2) is 6.10 Å². The fourth-order valence-corrected chi connectivity index (χ4v) is 3.78. The molecule has 96 valence electrons. The van der Waals surface area contributed by atoms with Gasteiger partial charge < -0.3 is 4.74 Å². The van der Waals surface area contributed by atoms with Gasteiger partial charge in [0.25, 0.3) is 0 Å². The van der Waals surface area contributed by atoms with Crippen molar-refractivity contribution in [3.63, 3.8) is 0 Å². The lowest BCUT2D eigenvalue weighted by atomic mass is 10.1. The maximum absolute atomic E-state index is 6.48. The standard InChI is InChI=1S/C14H14BrClOS/c1-9(2)17-11-5-3-10(4-6-11)13(16)14-12(15)7-8-18-14/h3-9,13H,1-2H3. The van der Waals surface area contributed by atoms with E-state index in [1.54, 1.807) is 11.3 Å². The van der Waals surface area contributed by atoms with Gasteiger partial charge in [0, 0.05) is 9.35 Å². The van der Waals surface area contributed by atoms with Gasteiger partial charge in [-0.25, -0.2) is 0 Å². The van der Waals surface area contributed by atoms with Crippen molar-refractivity contribution in [2.45, 2.75) is 25.3 Å². The fourth-order valence-electron chi connectivity index (χ4n) is 1.63. The van der Waals surface area contributed by atoms with E-state index < -0.39 is 0 Å². The van der Waals surface area contributed by atoms with Gasteiger partial charge in [-0.2, -0.15) is 0 Å². The predicted molar refractivity (Wildman–Crippen MR) is 81.9 cm³/mol. The Morgan fingerprint density at radius 2 is 1.83 bits per heavy atom. The second-order valence-corrected chi connectivity index (χ2v) is 6.47. The summed E-state index contributed by atoms with van der Waals surface area (Å²) in [5.74, 6) is 0.878. The Morgan fingerprint density at radius 1 is 1.17 bits per heavy atom. The average Bonchev–Trinajstić information content (AvgIpc) is 2.75. The largest absolute Gasteiger partial charge is 0.491 e. The number of ether oxygens (including phenoxy) is 1. The molecule has 0 fully saturated rings. The first-order valence-corrected chi connectivity index (χ1v) is 7.82. The molecule has 0 N–H and O–H groups in total. The van der Waals surface area contributed by atoms with Crippen LogP contribution in [0, 0.1) is 0 Å². The molecule has 0 spiro atoms. The molecular formula is C14H14BrClOS. The van der Waals surface area contributed by atoms with Gasteiger partial charge in [-0.05, 0) is 58.9 Å². The van der Waals surface area contributed by atoms with Crippen LogP contribution in [0.15, 0.2) is 40.2 Å². The van der Waals surface area contributed by atoms with Crippen molar-refractivity contribution in [2.24, 2.45) is 0 Å². The first kappa shape index (κ1) is 13.9. The van der Waals surface area contributed by atoms with E-state index in [9.17, 15) is 0 Å². The molecule has 1 atom stereocenters. The summed E-state index contributed by atoms with van der Waals surface area (Å²) in [6.07, 6.45) is 0.189. The minimum absolute atomic E-state index is 0.118. The topological polar surface area (TPSA) is 9.23 Å². The Kier molecular flexibility index (Phi) is 4.71. The molecule has 18 heavy (non-hydrogen) atoms. The Labute approximate surface area is 125 Å². The summed E-state index contributed by atoms with van der Waals surface area (Å²) in [6, 6.07) is 9.98. The van der Waals surface area contributed by atoms with Gasteiger partial charge in [-0.3, -0.25) is 0 Å². The van der Waals surface area contributed by atoms with Gasteiger partial charge in [0.1, 0.15) is 5.75 Å². The molecule has 2 rings (SSSR count). The smallest absolute Gasteiger partial charge is 0.119 e. The molecule has 1 aromatic heterocycles. The van der Waals surface area contributed by atoms with Gasteiger partial charge in [-0.15, -0.1) is 22.9 Å². The highest BCUT2D eigenvalue weighted by molar-refractivity contribution is 9.10. The van der Waals surface area contributed by atoms with Crippen molar-refractivity contribution in [3.8, 4) is 5.75 Å². The van der Waals surface area contributed by atoms with E-state index in [0.29, 0.717) is 0 Å². The third kappa shape index (κ3) is 3.28. The maximum Gasteiger partial charge on any atom is 0.119 e. The van der Waals surface area contributed by atoms with E-state index in [0.717, 1.165) is 20.7 Å². The Morgan fingerprint density at radius 3 is 2.33 bits per heavy atom. The highest BCUT2D eigenvalue weighted by Crippen LogP contribution is 2.37. The first-order chi connectivity index (χ1) is 8.58. The molecule has 0 aliphatic heterocycles. The third-order valence-corrected chi connectivity index (χ3v) is 4.95. The minimum Gasteiger partial charge on any atom is -0.491 e. The molecule has 2 aromatic rings. The zero-order valence-electron chi connectivity index (χ0n) is 10.2. The van der Waals surface area contributed by atoms with Crippen molar-refractivity contribution in [3.05, 3.63) is 50.6 Å². The molecule has 0 saturated heterocycles. The predicted octanol–water partition coefficient (Wildman–Crippen LogP) is 5.63. The molecule has 0 amide bonds. The lowest BCUT2D eigenvalue weighted by molar-refractivity contribution is 0.242. The molecule has 1 aromatic carbocycles. The number of hydrogen-bond acceptors (Lipinski definition) is 2. The van der Waals surface area contributed by atoms with Gasteiger partial charge in [0.05, 0.1) is 11.5 Å². The Balaban J connectivity index is 2.17. The summed E-state index contributed by atoms with van der Waals surface area (Å²) >= 11 is 11.6. The maximum atomic E-state index is 6.48. The van der Waals surface area contributed by atoms with Gasteiger partial charge in [-0.1, -0.05) is 12.1 Å². The molecule has 0 bridgehead atoms. The van der Waals surface area contributed by atoms with Crippen molar-refractivity contribution in [1.82, 2.24) is 0 Å². The van der Waals surface area contributed by atoms with E-state index in [-0.39, 0.29) is 11.5 Å². The molecular weight excluding hydrogens is 332 g/mol. The number of thiophene rings is 1. The first-order valence-electron chi connectivity index (χ1n) is 5.71. The highest BCUT2D eigenvalue weighted by Gasteiger charge is 2.15. The molecule has 0 saturated carbocycles. The molecule has 1 unspecified atom stereocenters. The number of benzene rings is 1. The van der Waals surface area contributed by atoms with E-state index in [4.69, 9.17) is 16.3 Å². The van der Waals surface area contributed by atoms with Crippen LogP contribution < -0.4 is 4.74 Å². The molecule has 0 radical (unpaired) electrons. The SMILES string of the molecule is CC(C)Oc1ccc(C(Cl)c2sccc2Br)cc1. The average molecular weight is 346 g/mol. The molecule has 0 aliphatic carbocycles. The second-order valence-electron chi connectivity index (χ2n) is 4.23. The van der Waals surface area contributed by atoms with Crippen LogP contribution >= 0.6 is 38.9 Å². The minimum atomic E-state index is -0.118. The third-order valence-electron chi connectivity index (χ3n) is 2.42. The quantitative estimate of drug-likeness (QED) is 0.653. The van der Waals surface area contributed by atoms with Crippen LogP contribution in [0.25, 0.3) is 0 Å². The Hall–Kier alpha value is -0.510. The summed E-state index contributed by atoms with van der Waals surface area (Å²) in [5.41, 5.74) is 1.08. The van der Waals surface area contributed by atoms with Crippen LogP contribution in [0.4, 0.5) is 0 Å². The van der Waals surface area contributed by atoms with Gasteiger partial charge in [0.2, 0.25) is 0 Å². The number of hydrogen-bond donors (Lipinski definition) is 0. The normalized spacial score (nSPS) is 12.7. The van der Waals surface area contributed by atoms with Crippen LogP contribution in [0.3, 0.4) is 0 Å². The summed E-state index contributed by atoms with van der Waals surface area (Å²) in [7, 11) is 0. The molecule has 0 aliphatic rings. The number of alkyl halides is 1. The van der Waals surface area contributed by atoms with Gasteiger partial charge in [0.15, 0.2) is 0 Å². The monoisotopic (exact) mass is 344 g/mol. The Bertz CT molecular complexity index is 507. The highest BCUT2D eigenvalue weighted by atomic mass is 79.9. The fraction of sp³-hybridized carbons (Fsp3) is 0.286. The van der Waals surface area contributed by atoms with Crippen LogP contribution in [0.5, 0.6) is 5.75 Å². The molecule has 1 nitrogen and oxygen atoms in total. The summed E-state index contributed by atoms with van der Waals surface area (Å²) in [4.78, 5) is 1.13. The van der Waals surface area contributed by atoms with Gasteiger partial charge >= 0.3 is 0 Å². The van der Waals surface area contributed by atoms with E-state index >= 15 is 0 Å². The number of halogens is 2. The van der Waals surface area contributed by atoms with Crippen LogP contribution in [-0.2, 0) is 0 Å². The van der Waals surface area contributed by atoms with Crippen LogP contribution in [0.1, 0.15) is 29.7 Å². The van der Waals surface area contributed by atoms with E-state index in [1.165, 1.54) is 0 Å². The summed E-state index contributed by atoms with van der Waals surface area (Å²) < 4.78 is 6.68. The van der Waals surface area contributed by atoms with Crippen molar-refractivity contribution in [2.75, 3.05) is 0 Å². The summed E-state index contributed by atoms with van der Waals surface area (Å²) in [5, 5.41) is 1.91. The lowest BCUT2D eigenvalue weighted by Gasteiger charge is -2.12. The molecule has 4 heteroatoms. The zero-order valence-corrected chi connectivity index (χ0v) is 13.3. The van der Waals surface area contributed by atoms with Crippen molar-refractivity contribution >= 4 is 38.9 Å². The van der Waals surface area contributed by atoms with E-state index in [1.807, 2.05) is 49.6 Å². The zero-order chi connectivity index (χ0) is 13.1.